The van der Waals surface area contributed by atoms with Crippen LogP contribution in [0.3, 0.4) is 0 Å². The van der Waals surface area contributed by atoms with Gasteiger partial charge in [-0.1, -0.05) is 24.4 Å². The molecule has 1 aromatic heterocycles. The van der Waals surface area contributed by atoms with Crippen LogP contribution in [0.5, 0.6) is 5.88 Å². The number of hydrogen-bond acceptors (Lipinski definition) is 4. The highest BCUT2D eigenvalue weighted by molar-refractivity contribution is 7.80. The van der Waals surface area contributed by atoms with E-state index in [1.807, 2.05) is 6.07 Å². The summed E-state index contributed by atoms with van der Waals surface area (Å²) < 4.78 is 5.03. The Bertz CT molecular complexity index is 656. The van der Waals surface area contributed by atoms with Crippen LogP contribution in [0.2, 0.25) is 0 Å². The number of aromatic nitrogens is 1. The number of carbonyl (C=O) groups excluding carboxylic acids is 1. The first-order valence-electron chi connectivity index (χ1n) is 6.27. The summed E-state index contributed by atoms with van der Waals surface area (Å²) in [6, 6.07) is 10.4. The van der Waals surface area contributed by atoms with Gasteiger partial charge in [0, 0.05) is 29.9 Å². The van der Waals surface area contributed by atoms with Gasteiger partial charge >= 0.3 is 0 Å². The number of methoxy groups -OCH3 is 1. The van der Waals surface area contributed by atoms with Crippen molar-refractivity contribution in [1.29, 1.82) is 0 Å². The smallest absolute Gasteiger partial charge is 0.251 e. The van der Waals surface area contributed by atoms with E-state index in [4.69, 9.17) is 22.7 Å². The van der Waals surface area contributed by atoms with Crippen LogP contribution in [0, 0.1) is 0 Å². The standard InChI is InChI=1S/C15H15N3O2S/c1-20-13-8-10(6-7-17-13)9-18-15(19)12-4-2-11(3-5-12)14(16)21/h2-8H,9H2,1H3,(H2,16,21)(H,18,19). The second-order valence-electron chi connectivity index (χ2n) is 4.33. The molecule has 0 saturated carbocycles. The van der Waals surface area contributed by atoms with Crippen LogP contribution in [-0.2, 0) is 6.54 Å². The zero-order valence-electron chi connectivity index (χ0n) is 11.5. The molecule has 21 heavy (non-hydrogen) atoms. The van der Waals surface area contributed by atoms with E-state index in [1.54, 1.807) is 43.6 Å². The first-order chi connectivity index (χ1) is 10.1. The molecule has 1 amide bonds. The van der Waals surface area contributed by atoms with Gasteiger partial charge in [-0.3, -0.25) is 4.79 Å². The lowest BCUT2D eigenvalue weighted by Gasteiger charge is -2.07. The zero-order valence-corrected chi connectivity index (χ0v) is 12.3. The topological polar surface area (TPSA) is 77.2 Å². The molecule has 0 radical (unpaired) electrons. The van der Waals surface area contributed by atoms with Gasteiger partial charge in [-0.2, -0.15) is 0 Å². The molecule has 1 aromatic carbocycles. The first kappa shape index (κ1) is 14.9. The summed E-state index contributed by atoms with van der Waals surface area (Å²) in [5.74, 6) is 0.350. The lowest BCUT2D eigenvalue weighted by atomic mass is 10.1. The number of pyridine rings is 1. The van der Waals surface area contributed by atoms with E-state index in [0.717, 1.165) is 11.1 Å². The van der Waals surface area contributed by atoms with Crippen molar-refractivity contribution in [2.45, 2.75) is 6.54 Å². The van der Waals surface area contributed by atoms with Crippen molar-refractivity contribution in [2.75, 3.05) is 7.11 Å². The molecule has 0 unspecified atom stereocenters. The first-order valence-corrected chi connectivity index (χ1v) is 6.68. The molecule has 0 aliphatic carbocycles. The van der Waals surface area contributed by atoms with Crippen molar-refractivity contribution >= 4 is 23.1 Å². The van der Waals surface area contributed by atoms with E-state index in [-0.39, 0.29) is 5.91 Å². The van der Waals surface area contributed by atoms with E-state index in [2.05, 4.69) is 10.3 Å². The van der Waals surface area contributed by atoms with Crippen LogP contribution in [0.4, 0.5) is 0 Å². The molecular formula is C15H15N3O2S. The average Bonchev–Trinajstić information content (AvgIpc) is 2.53. The Balaban J connectivity index is 1.99. The minimum Gasteiger partial charge on any atom is -0.481 e. The minimum atomic E-state index is -0.166. The molecule has 2 aromatic rings. The van der Waals surface area contributed by atoms with E-state index >= 15 is 0 Å². The SMILES string of the molecule is COc1cc(CNC(=O)c2ccc(C(N)=S)cc2)ccn1. The molecule has 2 rings (SSSR count). The molecule has 1 heterocycles. The van der Waals surface area contributed by atoms with Gasteiger partial charge in [0.15, 0.2) is 0 Å². The van der Waals surface area contributed by atoms with Crippen LogP contribution in [-0.4, -0.2) is 23.0 Å². The molecule has 6 heteroatoms. The second kappa shape index (κ2) is 6.81. The normalized spacial score (nSPS) is 9.95. The van der Waals surface area contributed by atoms with Crippen LogP contribution < -0.4 is 15.8 Å². The van der Waals surface area contributed by atoms with Crippen LogP contribution >= 0.6 is 12.2 Å². The number of nitrogens with two attached hydrogens (primary N) is 1. The number of benzene rings is 1. The van der Waals surface area contributed by atoms with E-state index < -0.39 is 0 Å². The molecule has 108 valence electrons. The Labute approximate surface area is 128 Å². The van der Waals surface area contributed by atoms with Gasteiger partial charge in [0.2, 0.25) is 5.88 Å². The molecule has 0 saturated heterocycles. The minimum absolute atomic E-state index is 0.166. The highest BCUT2D eigenvalue weighted by atomic mass is 32.1. The molecule has 0 fully saturated rings. The predicted octanol–water partition coefficient (Wildman–Crippen LogP) is 1.65. The summed E-state index contributed by atoms with van der Waals surface area (Å²) in [4.78, 5) is 16.4. The Morgan fingerprint density at radius 2 is 1.95 bits per heavy atom. The van der Waals surface area contributed by atoms with Gasteiger partial charge in [0.05, 0.1) is 7.11 Å². The number of amides is 1. The number of carbonyl (C=O) groups is 1. The maximum atomic E-state index is 12.0. The van der Waals surface area contributed by atoms with Crippen molar-refractivity contribution in [3.8, 4) is 5.88 Å². The summed E-state index contributed by atoms with van der Waals surface area (Å²) in [6.07, 6.45) is 1.64. The number of hydrogen-bond donors (Lipinski definition) is 2. The van der Waals surface area contributed by atoms with Gasteiger partial charge in [0.25, 0.3) is 5.91 Å². The highest BCUT2D eigenvalue weighted by Gasteiger charge is 2.06. The monoisotopic (exact) mass is 301 g/mol. The molecular weight excluding hydrogens is 286 g/mol. The number of thiocarbonyl (C=S) groups is 1. The van der Waals surface area contributed by atoms with Gasteiger partial charge in [-0.05, 0) is 23.8 Å². The predicted molar refractivity (Wildman–Crippen MR) is 84.3 cm³/mol. The van der Waals surface area contributed by atoms with E-state index in [1.165, 1.54) is 0 Å². The average molecular weight is 301 g/mol. The molecule has 3 N–H and O–H groups in total. The fraction of sp³-hybridized carbons (Fsp3) is 0.133. The van der Waals surface area contributed by atoms with Crippen molar-refractivity contribution in [3.63, 3.8) is 0 Å². The molecule has 0 bridgehead atoms. The van der Waals surface area contributed by atoms with E-state index in [9.17, 15) is 4.79 Å². The Morgan fingerprint density at radius 3 is 2.57 bits per heavy atom. The van der Waals surface area contributed by atoms with Gasteiger partial charge in [-0.25, -0.2) is 4.98 Å². The lowest BCUT2D eigenvalue weighted by molar-refractivity contribution is 0.0951. The van der Waals surface area contributed by atoms with Gasteiger partial charge in [0.1, 0.15) is 4.99 Å². The van der Waals surface area contributed by atoms with Crippen molar-refractivity contribution in [3.05, 3.63) is 59.3 Å². The maximum Gasteiger partial charge on any atom is 0.251 e. The fourth-order valence-electron chi connectivity index (χ4n) is 1.74. The molecule has 0 spiro atoms. The summed E-state index contributed by atoms with van der Waals surface area (Å²) in [5.41, 5.74) is 7.72. The quantitative estimate of drug-likeness (QED) is 0.821. The molecule has 5 nitrogen and oxygen atoms in total. The number of nitrogens with zero attached hydrogens (tertiary/aromatic N) is 1. The van der Waals surface area contributed by atoms with Crippen LogP contribution in [0.15, 0.2) is 42.6 Å². The second-order valence-corrected chi connectivity index (χ2v) is 4.77. The molecule has 0 aliphatic rings. The Kier molecular flexibility index (Phi) is 4.84. The van der Waals surface area contributed by atoms with Crippen LogP contribution in [0.1, 0.15) is 21.5 Å². The van der Waals surface area contributed by atoms with Crippen LogP contribution in [0.25, 0.3) is 0 Å². The fourth-order valence-corrected chi connectivity index (χ4v) is 1.88. The third kappa shape index (κ3) is 4.00. The van der Waals surface area contributed by atoms with Gasteiger partial charge < -0.3 is 15.8 Å². The highest BCUT2D eigenvalue weighted by Crippen LogP contribution is 2.09. The summed E-state index contributed by atoms with van der Waals surface area (Å²) >= 11 is 4.87. The number of ether oxygens (including phenoxy) is 1. The number of rotatable bonds is 5. The summed E-state index contributed by atoms with van der Waals surface area (Å²) in [7, 11) is 1.55. The van der Waals surface area contributed by atoms with Crippen molar-refractivity contribution < 1.29 is 9.53 Å². The number of nitrogens with one attached hydrogen (secondary N) is 1. The summed E-state index contributed by atoms with van der Waals surface area (Å²) in [5, 5.41) is 2.83. The maximum absolute atomic E-state index is 12.0. The Morgan fingerprint density at radius 1 is 1.29 bits per heavy atom. The lowest BCUT2D eigenvalue weighted by Crippen LogP contribution is -2.23. The Hall–Kier alpha value is -2.47. The van der Waals surface area contributed by atoms with Gasteiger partial charge in [-0.15, -0.1) is 0 Å². The third-order valence-corrected chi connectivity index (χ3v) is 3.13. The largest absolute Gasteiger partial charge is 0.481 e. The zero-order chi connectivity index (χ0) is 15.2. The van der Waals surface area contributed by atoms with E-state index in [0.29, 0.717) is 23.0 Å². The summed E-state index contributed by atoms with van der Waals surface area (Å²) in [6.45, 7) is 0.398. The third-order valence-electron chi connectivity index (χ3n) is 2.89. The van der Waals surface area contributed by atoms with Crippen molar-refractivity contribution in [1.82, 2.24) is 10.3 Å². The molecule has 0 atom stereocenters. The van der Waals surface area contributed by atoms with Crippen molar-refractivity contribution in [2.24, 2.45) is 5.73 Å². The molecule has 0 aliphatic heterocycles.